The maximum atomic E-state index is 12.3. The van der Waals surface area contributed by atoms with Crippen molar-refractivity contribution in [1.29, 1.82) is 0 Å². The van der Waals surface area contributed by atoms with Gasteiger partial charge in [0.2, 0.25) is 11.8 Å². The second-order valence-corrected chi connectivity index (χ2v) is 7.85. The van der Waals surface area contributed by atoms with E-state index in [1.165, 1.54) is 17.0 Å². The maximum Gasteiger partial charge on any atom is 0.270 e. The van der Waals surface area contributed by atoms with Gasteiger partial charge in [-0.15, -0.1) is 0 Å². The molecule has 4 rings (SSSR count). The third kappa shape index (κ3) is 5.41. The molecule has 0 bridgehead atoms. The van der Waals surface area contributed by atoms with E-state index < -0.39 is 4.92 Å². The molecule has 3 aromatic rings. The summed E-state index contributed by atoms with van der Waals surface area (Å²) in [4.78, 5) is 40.7. The summed E-state index contributed by atoms with van der Waals surface area (Å²) in [7, 11) is 0. The zero-order valence-electron chi connectivity index (χ0n) is 17.9. The van der Waals surface area contributed by atoms with Crippen LogP contribution in [-0.4, -0.2) is 39.3 Å². The number of carbonyl (C=O) groups excluding carboxylic acids is 2. The van der Waals surface area contributed by atoms with Crippen molar-refractivity contribution in [3.63, 3.8) is 0 Å². The zero-order chi connectivity index (χ0) is 23.2. The van der Waals surface area contributed by atoms with E-state index in [4.69, 9.17) is 4.74 Å². The minimum absolute atomic E-state index is 0.0317. The van der Waals surface area contributed by atoms with E-state index in [0.29, 0.717) is 18.6 Å². The van der Waals surface area contributed by atoms with Crippen LogP contribution in [0.25, 0.3) is 11.1 Å². The number of likely N-dealkylation sites (tertiary alicyclic amines) is 1. The number of nitro benzene ring substituents is 1. The first-order chi connectivity index (χ1) is 16.0. The molecule has 0 N–H and O–H groups in total. The molecule has 1 aliphatic heterocycles. The van der Waals surface area contributed by atoms with Crippen molar-refractivity contribution >= 4 is 17.5 Å². The third-order valence-electron chi connectivity index (χ3n) is 5.63. The van der Waals surface area contributed by atoms with E-state index in [1.807, 2.05) is 30.3 Å². The minimum atomic E-state index is -0.423. The highest BCUT2D eigenvalue weighted by Crippen LogP contribution is 2.26. The van der Waals surface area contributed by atoms with Crippen molar-refractivity contribution in [1.82, 2.24) is 9.88 Å². The number of non-ortho nitro benzene ring substituents is 1. The SMILES string of the molecule is O=C1CCC(=O)N1C(CCc1cccnc1)COc1ccc(-c2cccc([N+](=O)[O-])c2)cc1. The number of pyridine rings is 1. The average Bonchev–Trinajstić information content (AvgIpc) is 3.18. The van der Waals surface area contributed by atoms with Crippen LogP contribution in [0.5, 0.6) is 5.75 Å². The Morgan fingerprint density at radius 3 is 2.42 bits per heavy atom. The molecule has 0 radical (unpaired) electrons. The Morgan fingerprint density at radius 1 is 1.00 bits per heavy atom. The van der Waals surface area contributed by atoms with Crippen LogP contribution in [0.1, 0.15) is 24.8 Å². The van der Waals surface area contributed by atoms with Crippen LogP contribution in [0.3, 0.4) is 0 Å². The normalized spacial score (nSPS) is 14.4. The second-order valence-electron chi connectivity index (χ2n) is 7.85. The molecule has 1 fully saturated rings. The molecule has 1 atom stereocenters. The highest BCUT2D eigenvalue weighted by Gasteiger charge is 2.35. The monoisotopic (exact) mass is 445 g/mol. The number of imide groups is 1. The predicted molar refractivity (Wildman–Crippen MR) is 121 cm³/mol. The molecule has 8 nitrogen and oxygen atoms in total. The van der Waals surface area contributed by atoms with E-state index >= 15 is 0 Å². The molecule has 1 aromatic heterocycles. The number of amides is 2. The molecule has 1 unspecified atom stereocenters. The molecular formula is C25H23N3O5. The van der Waals surface area contributed by atoms with Gasteiger partial charge in [-0.2, -0.15) is 0 Å². The molecule has 1 aliphatic rings. The van der Waals surface area contributed by atoms with Crippen molar-refractivity contribution in [2.24, 2.45) is 0 Å². The van der Waals surface area contributed by atoms with Crippen LogP contribution in [-0.2, 0) is 16.0 Å². The number of hydrogen-bond acceptors (Lipinski definition) is 6. The van der Waals surface area contributed by atoms with Gasteiger partial charge in [0, 0.05) is 37.4 Å². The Morgan fingerprint density at radius 2 is 1.76 bits per heavy atom. The van der Waals surface area contributed by atoms with Crippen LogP contribution in [0, 0.1) is 10.1 Å². The third-order valence-corrected chi connectivity index (χ3v) is 5.63. The second kappa shape index (κ2) is 10.0. The van der Waals surface area contributed by atoms with Gasteiger partial charge in [0.25, 0.3) is 5.69 Å². The Hall–Kier alpha value is -4.07. The lowest BCUT2D eigenvalue weighted by atomic mass is 10.0. The molecular weight excluding hydrogens is 422 g/mol. The van der Waals surface area contributed by atoms with E-state index in [0.717, 1.165) is 16.7 Å². The van der Waals surface area contributed by atoms with Crippen molar-refractivity contribution < 1.29 is 19.2 Å². The number of nitro groups is 1. The van der Waals surface area contributed by atoms with Crippen LogP contribution >= 0.6 is 0 Å². The van der Waals surface area contributed by atoms with Gasteiger partial charge in [-0.25, -0.2) is 0 Å². The zero-order valence-corrected chi connectivity index (χ0v) is 17.9. The number of carbonyl (C=O) groups is 2. The van der Waals surface area contributed by atoms with E-state index in [2.05, 4.69) is 4.98 Å². The van der Waals surface area contributed by atoms with E-state index in [9.17, 15) is 19.7 Å². The highest BCUT2D eigenvalue weighted by atomic mass is 16.6. The topological polar surface area (TPSA) is 103 Å². The van der Waals surface area contributed by atoms with E-state index in [-0.39, 0.29) is 43.0 Å². The first-order valence-electron chi connectivity index (χ1n) is 10.7. The lowest BCUT2D eigenvalue weighted by Gasteiger charge is -2.26. The molecule has 1 saturated heterocycles. The van der Waals surface area contributed by atoms with Gasteiger partial charge >= 0.3 is 0 Å². The van der Waals surface area contributed by atoms with Gasteiger partial charge in [-0.3, -0.25) is 29.6 Å². The quantitative estimate of drug-likeness (QED) is 0.278. The van der Waals surface area contributed by atoms with Crippen molar-refractivity contribution in [3.8, 4) is 16.9 Å². The van der Waals surface area contributed by atoms with Crippen molar-refractivity contribution in [2.75, 3.05) is 6.61 Å². The summed E-state index contributed by atoms with van der Waals surface area (Å²) in [5.74, 6) is 0.260. The Bertz CT molecular complexity index is 1130. The molecule has 0 saturated carbocycles. The van der Waals surface area contributed by atoms with Crippen molar-refractivity contribution in [3.05, 3.63) is 88.7 Å². The summed E-state index contributed by atoms with van der Waals surface area (Å²) in [5, 5.41) is 11.0. The fourth-order valence-electron chi connectivity index (χ4n) is 3.90. The van der Waals surface area contributed by atoms with Gasteiger partial charge in [0.05, 0.1) is 11.0 Å². The molecule has 33 heavy (non-hydrogen) atoms. The smallest absolute Gasteiger partial charge is 0.270 e. The fourth-order valence-corrected chi connectivity index (χ4v) is 3.90. The van der Waals surface area contributed by atoms with Crippen LogP contribution < -0.4 is 4.74 Å². The Balaban J connectivity index is 1.44. The van der Waals surface area contributed by atoms with Gasteiger partial charge in [0.1, 0.15) is 12.4 Å². The van der Waals surface area contributed by atoms with Gasteiger partial charge in [-0.05, 0) is 47.7 Å². The summed E-state index contributed by atoms with van der Waals surface area (Å²) in [6.45, 7) is 0.188. The molecule has 2 aromatic carbocycles. The molecule has 2 amide bonds. The Kier molecular flexibility index (Phi) is 6.73. The van der Waals surface area contributed by atoms with Crippen LogP contribution in [0.2, 0.25) is 0 Å². The fraction of sp³-hybridized carbons (Fsp3) is 0.240. The number of ether oxygens (including phenoxy) is 1. The van der Waals surface area contributed by atoms with E-state index in [1.54, 1.807) is 30.6 Å². The maximum absolute atomic E-state index is 12.3. The standard InChI is InChI=1S/C25H23N3O5/c29-24-12-13-25(30)27(24)22(9-6-18-3-2-14-26-16-18)17-33-23-10-7-19(8-11-23)20-4-1-5-21(15-20)28(31)32/h1-5,7-8,10-11,14-16,22H,6,9,12-13,17H2. The predicted octanol–water partition coefficient (Wildman–Crippen LogP) is 4.19. The summed E-state index contributed by atoms with van der Waals surface area (Å²) >= 11 is 0. The van der Waals surface area contributed by atoms with Crippen molar-refractivity contribution in [2.45, 2.75) is 31.7 Å². The molecule has 168 valence electrons. The minimum Gasteiger partial charge on any atom is -0.491 e. The number of aromatic nitrogens is 1. The molecule has 0 spiro atoms. The van der Waals surface area contributed by atoms with Gasteiger partial charge in [0.15, 0.2) is 0 Å². The number of aryl methyl sites for hydroxylation is 1. The molecule has 2 heterocycles. The van der Waals surface area contributed by atoms with Crippen LogP contribution in [0.15, 0.2) is 73.1 Å². The summed E-state index contributed by atoms with van der Waals surface area (Å²) in [6, 6.07) is 17.1. The molecule has 0 aliphatic carbocycles. The number of hydrogen-bond donors (Lipinski definition) is 0. The largest absolute Gasteiger partial charge is 0.491 e. The van der Waals surface area contributed by atoms with Crippen LogP contribution in [0.4, 0.5) is 5.69 Å². The van der Waals surface area contributed by atoms with Gasteiger partial charge in [-0.1, -0.05) is 30.3 Å². The summed E-state index contributed by atoms with van der Waals surface area (Å²) < 4.78 is 5.95. The Labute approximate surface area is 191 Å². The number of nitrogens with zero attached hydrogens (tertiary/aromatic N) is 3. The van der Waals surface area contributed by atoms with Gasteiger partial charge < -0.3 is 4.74 Å². The summed E-state index contributed by atoms with van der Waals surface area (Å²) in [5.41, 5.74) is 2.62. The highest BCUT2D eigenvalue weighted by molar-refractivity contribution is 6.02. The lowest BCUT2D eigenvalue weighted by molar-refractivity contribution is -0.384. The number of rotatable bonds is 9. The average molecular weight is 445 g/mol. The first kappa shape index (κ1) is 22.1. The molecule has 8 heteroatoms. The summed E-state index contributed by atoms with van der Waals surface area (Å²) in [6.07, 6.45) is 5.20. The first-order valence-corrected chi connectivity index (χ1v) is 10.7. The number of benzene rings is 2. The lowest BCUT2D eigenvalue weighted by Crippen LogP contribution is -2.43.